The van der Waals surface area contributed by atoms with Crippen molar-refractivity contribution in [3.8, 4) is 11.1 Å². The Kier molecular flexibility index (Phi) is 3.91. The fourth-order valence-corrected chi connectivity index (χ4v) is 2.80. The summed E-state index contributed by atoms with van der Waals surface area (Å²) in [6.45, 7) is 1.54. The molecule has 0 spiro atoms. The van der Waals surface area contributed by atoms with Gasteiger partial charge in [-0.25, -0.2) is 14.2 Å². The molecule has 7 N–H and O–H groups in total. The number of hydrogen-bond acceptors (Lipinski definition) is 6. The molecule has 3 aromatic rings. The van der Waals surface area contributed by atoms with Gasteiger partial charge in [0.2, 0.25) is 0 Å². The normalized spacial score (nSPS) is 10.8. The minimum absolute atomic E-state index is 0.0165. The third kappa shape index (κ3) is 2.46. The molecule has 3 rings (SSSR count). The molecule has 0 unspecified atom stereocenters. The molecule has 2 aromatic heterocycles. The molecule has 0 aliphatic heterocycles. The van der Waals surface area contributed by atoms with Crippen molar-refractivity contribution in [3.05, 3.63) is 51.2 Å². The van der Waals surface area contributed by atoms with Gasteiger partial charge in [0.15, 0.2) is 5.69 Å². The van der Waals surface area contributed by atoms with Gasteiger partial charge >= 0.3 is 5.97 Å². The number of hydrogen-bond donors (Lipinski definition) is 5. The molecule has 0 fully saturated rings. The second-order valence-electron chi connectivity index (χ2n) is 5.66. The Morgan fingerprint density at radius 3 is 2.65 bits per heavy atom. The maximum atomic E-state index is 13.8. The molecule has 0 amide bonds. The maximum Gasteiger partial charge on any atom is 0.354 e. The lowest BCUT2D eigenvalue weighted by Gasteiger charge is -2.14. The Bertz CT molecular complexity index is 1150. The summed E-state index contributed by atoms with van der Waals surface area (Å²) in [5.41, 5.74) is 11.3. The Labute approximate surface area is 145 Å². The first-order valence-corrected chi connectivity index (χ1v) is 7.41. The second-order valence-corrected chi connectivity index (χ2v) is 5.66. The summed E-state index contributed by atoms with van der Waals surface area (Å²) in [4.78, 5) is 30.3. The molecule has 0 aliphatic carbocycles. The fraction of sp³-hybridized carbons (Fsp3) is 0.0588. The molecule has 0 radical (unpaired) electrons. The molecular weight excluding hydrogens is 341 g/mol. The minimum Gasteiger partial charge on any atom is -0.477 e. The zero-order chi connectivity index (χ0) is 19.2. The van der Waals surface area contributed by atoms with Crippen LogP contribution in [-0.4, -0.2) is 27.3 Å². The minimum atomic E-state index is -1.24. The topological polar surface area (TPSA) is 159 Å². The summed E-state index contributed by atoms with van der Waals surface area (Å²) >= 11 is 0. The van der Waals surface area contributed by atoms with Gasteiger partial charge in [-0.15, -0.1) is 0 Å². The van der Waals surface area contributed by atoms with E-state index < -0.39 is 17.3 Å². The van der Waals surface area contributed by atoms with Crippen molar-refractivity contribution in [1.82, 2.24) is 9.97 Å². The highest BCUT2D eigenvalue weighted by Crippen LogP contribution is 2.35. The molecule has 9 heteroatoms. The molecule has 0 saturated heterocycles. The lowest BCUT2D eigenvalue weighted by atomic mass is 9.96. The van der Waals surface area contributed by atoms with Crippen LogP contribution in [-0.2, 0) is 0 Å². The van der Waals surface area contributed by atoms with Gasteiger partial charge in [-0.1, -0.05) is 6.07 Å². The molecule has 0 aliphatic rings. The number of anilines is 2. The van der Waals surface area contributed by atoms with Crippen LogP contribution < -0.4 is 17.0 Å². The van der Waals surface area contributed by atoms with E-state index in [0.29, 0.717) is 5.56 Å². The summed E-state index contributed by atoms with van der Waals surface area (Å²) in [7, 11) is 0. The summed E-state index contributed by atoms with van der Waals surface area (Å²) in [6, 6.07) is 3.86. The standard InChI is InChI=1S/C17H14FN5O3/c1-6-4-10-15(23-14(6)17(25)26)11(13(21)16(24)22-10)7-2-3-9(18)12(20)8(7)5-19/h2-5,19H,20-21H2,1H3,(H,22,24)(H,25,26). The number of aromatic amines is 1. The van der Waals surface area contributed by atoms with Gasteiger partial charge in [-0.2, -0.15) is 0 Å². The largest absolute Gasteiger partial charge is 0.477 e. The highest BCUT2D eigenvalue weighted by Gasteiger charge is 2.21. The van der Waals surface area contributed by atoms with E-state index in [9.17, 15) is 19.1 Å². The van der Waals surface area contributed by atoms with Gasteiger partial charge in [0.25, 0.3) is 5.56 Å². The number of aromatic nitrogens is 2. The van der Waals surface area contributed by atoms with Crippen molar-refractivity contribution >= 4 is 34.6 Å². The number of nitrogen functional groups attached to an aromatic ring is 2. The van der Waals surface area contributed by atoms with Crippen LogP contribution in [0.1, 0.15) is 21.6 Å². The number of aromatic carboxylic acids is 1. The van der Waals surface area contributed by atoms with Crippen LogP contribution in [0.5, 0.6) is 0 Å². The van der Waals surface area contributed by atoms with Gasteiger partial charge < -0.3 is 27.0 Å². The number of fused-ring (bicyclic) bond motifs is 1. The Balaban J connectivity index is 2.54. The lowest BCUT2D eigenvalue weighted by Crippen LogP contribution is -2.16. The average Bonchev–Trinajstić information content (AvgIpc) is 2.58. The highest BCUT2D eigenvalue weighted by atomic mass is 19.1. The number of nitrogens with two attached hydrogens (primary N) is 2. The molecule has 132 valence electrons. The van der Waals surface area contributed by atoms with Crippen LogP contribution in [0.25, 0.3) is 22.2 Å². The van der Waals surface area contributed by atoms with E-state index in [0.717, 1.165) is 12.3 Å². The van der Waals surface area contributed by atoms with E-state index in [-0.39, 0.29) is 44.8 Å². The quantitative estimate of drug-likeness (QED) is 0.356. The molecular formula is C17H14FN5O3. The molecule has 1 aromatic carbocycles. The summed E-state index contributed by atoms with van der Waals surface area (Å²) < 4.78 is 13.8. The van der Waals surface area contributed by atoms with Gasteiger partial charge in [0, 0.05) is 17.3 Å². The predicted molar refractivity (Wildman–Crippen MR) is 96.2 cm³/mol. The zero-order valence-electron chi connectivity index (χ0n) is 13.6. The van der Waals surface area contributed by atoms with Crippen molar-refractivity contribution in [2.75, 3.05) is 11.5 Å². The van der Waals surface area contributed by atoms with Crippen LogP contribution in [0, 0.1) is 18.2 Å². The molecule has 8 nitrogen and oxygen atoms in total. The Morgan fingerprint density at radius 2 is 2.04 bits per heavy atom. The Morgan fingerprint density at radius 1 is 1.35 bits per heavy atom. The number of pyridine rings is 2. The summed E-state index contributed by atoms with van der Waals surface area (Å²) in [6.07, 6.45) is 0.840. The van der Waals surface area contributed by atoms with Crippen LogP contribution in [0.4, 0.5) is 15.8 Å². The van der Waals surface area contributed by atoms with Crippen molar-refractivity contribution < 1.29 is 14.3 Å². The highest BCUT2D eigenvalue weighted by molar-refractivity contribution is 6.05. The van der Waals surface area contributed by atoms with E-state index in [1.54, 1.807) is 6.92 Å². The SMILES string of the molecule is Cc1cc2[nH]c(=O)c(N)c(-c3ccc(F)c(N)c3C=N)c2nc1C(=O)O. The second kappa shape index (κ2) is 5.96. The number of halogens is 1. The van der Waals surface area contributed by atoms with E-state index in [1.165, 1.54) is 12.1 Å². The monoisotopic (exact) mass is 355 g/mol. The number of carboxylic acids is 1. The average molecular weight is 355 g/mol. The van der Waals surface area contributed by atoms with Crippen molar-refractivity contribution in [2.24, 2.45) is 0 Å². The lowest BCUT2D eigenvalue weighted by molar-refractivity contribution is 0.0690. The van der Waals surface area contributed by atoms with Crippen molar-refractivity contribution in [1.29, 1.82) is 5.41 Å². The van der Waals surface area contributed by atoms with Crippen molar-refractivity contribution in [3.63, 3.8) is 0 Å². The molecule has 0 atom stereocenters. The third-order valence-electron chi connectivity index (χ3n) is 4.06. The summed E-state index contributed by atoms with van der Waals surface area (Å²) in [5, 5.41) is 16.9. The van der Waals surface area contributed by atoms with Crippen LogP contribution in [0.15, 0.2) is 23.0 Å². The number of aryl methyl sites for hydroxylation is 1. The first-order valence-electron chi connectivity index (χ1n) is 7.41. The number of carbonyl (C=O) groups is 1. The van der Waals surface area contributed by atoms with E-state index in [1.807, 2.05) is 0 Å². The fourth-order valence-electron chi connectivity index (χ4n) is 2.80. The number of nitrogens with zero attached hydrogens (tertiary/aromatic N) is 1. The van der Waals surface area contributed by atoms with Gasteiger partial charge in [0.1, 0.15) is 11.5 Å². The summed E-state index contributed by atoms with van der Waals surface area (Å²) in [5.74, 6) is -1.97. The van der Waals surface area contributed by atoms with Gasteiger partial charge in [-0.05, 0) is 30.2 Å². The number of H-pyrrole nitrogens is 1. The first-order chi connectivity index (χ1) is 12.3. The molecule has 0 saturated carbocycles. The molecule has 2 heterocycles. The molecule has 0 bridgehead atoms. The number of nitrogens with one attached hydrogen (secondary N) is 2. The van der Waals surface area contributed by atoms with Crippen molar-refractivity contribution in [2.45, 2.75) is 6.92 Å². The smallest absolute Gasteiger partial charge is 0.354 e. The van der Waals surface area contributed by atoms with Gasteiger partial charge in [-0.3, -0.25) is 4.79 Å². The number of carboxylic acid groups (broad SMARTS) is 1. The van der Waals surface area contributed by atoms with E-state index >= 15 is 0 Å². The third-order valence-corrected chi connectivity index (χ3v) is 4.06. The van der Waals surface area contributed by atoms with E-state index in [4.69, 9.17) is 16.9 Å². The number of rotatable bonds is 3. The van der Waals surface area contributed by atoms with Gasteiger partial charge in [0.05, 0.1) is 16.7 Å². The van der Waals surface area contributed by atoms with E-state index in [2.05, 4.69) is 9.97 Å². The predicted octanol–water partition coefficient (Wildman–Crippen LogP) is 1.90. The maximum absolute atomic E-state index is 13.8. The first kappa shape index (κ1) is 17.1. The Hall–Kier alpha value is -3.75. The number of benzene rings is 1. The molecule has 26 heavy (non-hydrogen) atoms. The van der Waals surface area contributed by atoms with Crippen LogP contribution >= 0.6 is 0 Å². The van der Waals surface area contributed by atoms with Crippen LogP contribution in [0.3, 0.4) is 0 Å². The zero-order valence-corrected chi connectivity index (χ0v) is 13.6. The van der Waals surface area contributed by atoms with Crippen LogP contribution in [0.2, 0.25) is 0 Å².